The number of nitrogens with zero attached hydrogens (tertiary/aromatic N) is 3. The summed E-state index contributed by atoms with van der Waals surface area (Å²) in [7, 11) is 1.65. The molecule has 1 amide bonds. The molecule has 0 saturated carbocycles. The molecule has 2 rings (SSSR count). The van der Waals surface area contributed by atoms with Crippen molar-refractivity contribution in [3.05, 3.63) is 28.6 Å². The van der Waals surface area contributed by atoms with Gasteiger partial charge < -0.3 is 18.9 Å². The molecule has 0 bridgehead atoms. The van der Waals surface area contributed by atoms with E-state index in [1.165, 1.54) is 6.08 Å². The molecular weight excluding hydrogens is 370 g/mol. The van der Waals surface area contributed by atoms with Gasteiger partial charge in [-0.1, -0.05) is 6.92 Å². The molecule has 1 aliphatic heterocycles. The molecule has 7 nitrogen and oxygen atoms in total. The molecule has 1 saturated heterocycles. The van der Waals surface area contributed by atoms with Crippen molar-refractivity contribution in [1.82, 2.24) is 9.47 Å². The SMILES string of the molecule is CC[C@H]1CCCCN1C(=O)COC(=O)/C(C#N)=C/c1cc(C)n(CCOC)c1C. The third-order valence-corrected chi connectivity index (χ3v) is 5.52. The third-order valence-electron chi connectivity index (χ3n) is 5.52. The summed E-state index contributed by atoms with van der Waals surface area (Å²) in [6.07, 6.45) is 5.48. The van der Waals surface area contributed by atoms with Crippen LogP contribution in [0.25, 0.3) is 6.08 Å². The predicted molar refractivity (Wildman–Crippen MR) is 110 cm³/mol. The minimum absolute atomic E-state index is 0.115. The highest BCUT2D eigenvalue weighted by Crippen LogP contribution is 2.20. The molecule has 1 aromatic heterocycles. The zero-order valence-electron chi connectivity index (χ0n) is 17.9. The molecule has 0 aromatic carbocycles. The van der Waals surface area contributed by atoms with Crippen LogP contribution in [0.4, 0.5) is 0 Å². The standard InChI is InChI=1S/C22H31N3O4/c1-5-20-8-6-7-9-25(20)21(26)15-29-22(27)19(14-23)13-18-12-16(2)24(17(18)3)10-11-28-4/h12-13,20H,5-11,15H2,1-4H3/b19-13+/t20-/m0/s1. The molecule has 2 heterocycles. The van der Waals surface area contributed by atoms with Gasteiger partial charge in [0.1, 0.15) is 11.6 Å². The van der Waals surface area contributed by atoms with Gasteiger partial charge >= 0.3 is 5.97 Å². The average Bonchev–Trinajstić information content (AvgIpc) is 3.00. The van der Waals surface area contributed by atoms with Gasteiger partial charge in [0.05, 0.1) is 6.61 Å². The predicted octanol–water partition coefficient (Wildman–Crippen LogP) is 2.99. The first kappa shape index (κ1) is 22.7. The van der Waals surface area contributed by atoms with Crippen molar-refractivity contribution in [3.8, 4) is 6.07 Å². The van der Waals surface area contributed by atoms with Crippen LogP contribution in [-0.2, 0) is 25.6 Å². The molecule has 1 fully saturated rings. The third kappa shape index (κ3) is 5.70. The number of aromatic nitrogens is 1. The van der Waals surface area contributed by atoms with Crippen LogP contribution in [0.5, 0.6) is 0 Å². The van der Waals surface area contributed by atoms with E-state index in [1.807, 2.05) is 26.0 Å². The molecule has 0 radical (unpaired) electrons. The molecule has 1 atom stereocenters. The van der Waals surface area contributed by atoms with E-state index in [4.69, 9.17) is 9.47 Å². The number of carbonyl (C=O) groups is 2. The summed E-state index contributed by atoms with van der Waals surface area (Å²) in [5, 5.41) is 9.42. The Morgan fingerprint density at radius 2 is 2.10 bits per heavy atom. The Kier molecular flexibility index (Phi) is 8.47. The summed E-state index contributed by atoms with van der Waals surface area (Å²) >= 11 is 0. The summed E-state index contributed by atoms with van der Waals surface area (Å²) in [6.45, 7) is 7.58. The van der Waals surface area contributed by atoms with Crippen molar-refractivity contribution in [2.75, 3.05) is 26.9 Å². The highest BCUT2D eigenvalue weighted by molar-refractivity contribution is 5.99. The number of hydrogen-bond donors (Lipinski definition) is 0. The highest BCUT2D eigenvalue weighted by Gasteiger charge is 2.26. The van der Waals surface area contributed by atoms with Gasteiger partial charge in [0.15, 0.2) is 6.61 Å². The number of esters is 1. The second-order valence-corrected chi connectivity index (χ2v) is 7.36. The van der Waals surface area contributed by atoms with Crippen molar-refractivity contribution in [2.24, 2.45) is 0 Å². The maximum Gasteiger partial charge on any atom is 0.349 e. The number of hydrogen-bond acceptors (Lipinski definition) is 5. The molecule has 0 unspecified atom stereocenters. The number of methoxy groups -OCH3 is 1. The fourth-order valence-electron chi connectivity index (χ4n) is 3.83. The summed E-state index contributed by atoms with van der Waals surface area (Å²) in [6, 6.07) is 4.02. The number of aryl methyl sites for hydroxylation is 1. The van der Waals surface area contributed by atoms with E-state index in [0.29, 0.717) is 19.7 Å². The van der Waals surface area contributed by atoms with Gasteiger partial charge in [0, 0.05) is 37.6 Å². The Balaban J connectivity index is 2.05. The van der Waals surface area contributed by atoms with E-state index in [2.05, 4.69) is 11.5 Å². The minimum Gasteiger partial charge on any atom is -0.451 e. The van der Waals surface area contributed by atoms with Gasteiger partial charge in [0.25, 0.3) is 5.91 Å². The van der Waals surface area contributed by atoms with Crippen LogP contribution in [0, 0.1) is 25.2 Å². The van der Waals surface area contributed by atoms with Crippen molar-refractivity contribution >= 4 is 18.0 Å². The fraction of sp³-hybridized carbons (Fsp3) is 0.591. The zero-order chi connectivity index (χ0) is 21.4. The topological polar surface area (TPSA) is 84.6 Å². The number of rotatable bonds is 8. The van der Waals surface area contributed by atoms with Crippen molar-refractivity contribution in [3.63, 3.8) is 0 Å². The van der Waals surface area contributed by atoms with Crippen LogP contribution in [-0.4, -0.2) is 54.3 Å². The van der Waals surface area contributed by atoms with Crippen LogP contribution in [0.2, 0.25) is 0 Å². The summed E-state index contributed by atoms with van der Waals surface area (Å²) in [5.74, 6) is -0.965. The summed E-state index contributed by atoms with van der Waals surface area (Å²) in [5.41, 5.74) is 2.62. The maximum atomic E-state index is 12.5. The first-order valence-corrected chi connectivity index (χ1v) is 10.2. The van der Waals surface area contributed by atoms with Crippen LogP contribution >= 0.6 is 0 Å². The monoisotopic (exact) mass is 401 g/mol. The molecule has 0 aliphatic carbocycles. The quantitative estimate of drug-likeness (QED) is 0.380. The minimum atomic E-state index is -0.771. The Hall–Kier alpha value is -2.59. The Labute approximate surface area is 172 Å². The fourth-order valence-corrected chi connectivity index (χ4v) is 3.83. The van der Waals surface area contributed by atoms with E-state index in [-0.39, 0.29) is 24.1 Å². The molecular formula is C22H31N3O4. The Morgan fingerprint density at radius 1 is 1.34 bits per heavy atom. The van der Waals surface area contributed by atoms with Gasteiger partial charge in [-0.25, -0.2) is 4.79 Å². The molecule has 1 aromatic rings. The van der Waals surface area contributed by atoms with E-state index in [9.17, 15) is 14.9 Å². The van der Waals surface area contributed by atoms with Crippen LogP contribution in [0.15, 0.2) is 11.6 Å². The van der Waals surface area contributed by atoms with E-state index >= 15 is 0 Å². The molecule has 29 heavy (non-hydrogen) atoms. The second-order valence-electron chi connectivity index (χ2n) is 7.36. The van der Waals surface area contributed by atoms with Crippen molar-refractivity contribution < 1.29 is 19.1 Å². The van der Waals surface area contributed by atoms with Crippen LogP contribution < -0.4 is 0 Å². The maximum absolute atomic E-state index is 12.5. The van der Waals surface area contributed by atoms with Crippen LogP contribution in [0.1, 0.15) is 49.6 Å². The van der Waals surface area contributed by atoms with Gasteiger partial charge in [-0.3, -0.25) is 4.79 Å². The lowest BCUT2D eigenvalue weighted by atomic mass is 10.00. The largest absolute Gasteiger partial charge is 0.451 e. The molecule has 0 spiro atoms. The first-order valence-electron chi connectivity index (χ1n) is 10.2. The molecule has 158 valence electrons. The van der Waals surface area contributed by atoms with Gasteiger partial charge in [-0.05, 0) is 57.2 Å². The number of ether oxygens (including phenoxy) is 2. The van der Waals surface area contributed by atoms with E-state index in [0.717, 1.165) is 42.6 Å². The first-order chi connectivity index (χ1) is 13.9. The second kappa shape index (κ2) is 10.8. The summed E-state index contributed by atoms with van der Waals surface area (Å²) < 4.78 is 12.4. The number of carbonyl (C=O) groups excluding carboxylic acids is 2. The number of nitriles is 1. The van der Waals surface area contributed by atoms with Crippen molar-refractivity contribution in [2.45, 2.75) is 59.0 Å². The smallest absolute Gasteiger partial charge is 0.349 e. The van der Waals surface area contributed by atoms with Gasteiger partial charge in [-0.2, -0.15) is 5.26 Å². The normalized spacial score (nSPS) is 17.1. The number of amides is 1. The lowest BCUT2D eigenvalue weighted by Gasteiger charge is -2.35. The van der Waals surface area contributed by atoms with Crippen molar-refractivity contribution in [1.29, 1.82) is 5.26 Å². The Bertz CT molecular complexity index is 804. The van der Waals surface area contributed by atoms with E-state index in [1.54, 1.807) is 12.0 Å². The average molecular weight is 402 g/mol. The Morgan fingerprint density at radius 3 is 2.76 bits per heavy atom. The van der Waals surface area contributed by atoms with Gasteiger partial charge in [0.2, 0.25) is 0 Å². The van der Waals surface area contributed by atoms with E-state index < -0.39 is 5.97 Å². The number of likely N-dealkylation sites (tertiary alicyclic amines) is 1. The number of piperidine rings is 1. The lowest BCUT2D eigenvalue weighted by Crippen LogP contribution is -2.45. The van der Waals surface area contributed by atoms with Crippen LogP contribution in [0.3, 0.4) is 0 Å². The zero-order valence-corrected chi connectivity index (χ0v) is 17.9. The molecule has 1 aliphatic rings. The lowest BCUT2D eigenvalue weighted by molar-refractivity contribution is -0.150. The highest BCUT2D eigenvalue weighted by atomic mass is 16.5. The van der Waals surface area contributed by atoms with Gasteiger partial charge in [-0.15, -0.1) is 0 Å². The summed E-state index contributed by atoms with van der Waals surface area (Å²) in [4.78, 5) is 26.7. The molecule has 7 heteroatoms. The molecule has 0 N–H and O–H groups in total.